The molecule has 112 valence electrons. The number of halogens is 1. The second-order valence-electron chi connectivity index (χ2n) is 4.81. The monoisotopic (exact) mass is 300 g/mol. The summed E-state index contributed by atoms with van der Waals surface area (Å²) in [7, 11) is -3.67. The Morgan fingerprint density at radius 3 is 2.50 bits per heavy atom. The molecule has 0 amide bonds. The van der Waals surface area contributed by atoms with E-state index in [-0.39, 0.29) is 29.1 Å². The molecular formula is C14H21FN2O2S. The van der Waals surface area contributed by atoms with Crippen LogP contribution in [0.5, 0.6) is 0 Å². The van der Waals surface area contributed by atoms with Crippen molar-refractivity contribution in [2.45, 2.75) is 32.2 Å². The molecule has 6 heteroatoms. The summed E-state index contributed by atoms with van der Waals surface area (Å²) in [5, 5.41) is 0. The highest BCUT2D eigenvalue weighted by Crippen LogP contribution is 2.22. The predicted octanol–water partition coefficient (Wildman–Crippen LogP) is 2.18. The quantitative estimate of drug-likeness (QED) is 0.819. The Morgan fingerprint density at radius 1 is 1.45 bits per heavy atom. The maximum atomic E-state index is 13.8. The van der Waals surface area contributed by atoms with Crippen LogP contribution in [-0.2, 0) is 16.6 Å². The predicted molar refractivity (Wildman–Crippen MR) is 78.3 cm³/mol. The molecule has 0 fully saturated rings. The third kappa shape index (κ3) is 3.45. The van der Waals surface area contributed by atoms with Crippen LogP contribution in [0, 0.1) is 12.7 Å². The van der Waals surface area contributed by atoms with E-state index in [2.05, 4.69) is 6.58 Å². The van der Waals surface area contributed by atoms with Gasteiger partial charge in [0, 0.05) is 25.2 Å². The number of sulfonamides is 1. The van der Waals surface area contributed by atoms with Gasteiger partial charge in [0.25, 0.3) is 0 Å². The molecule has 0 radical (unpaired) electrons. The Labute approximate surface area is 120 Å². The molecule has 0 aliphatic rings. The van der Waals surface area contributed by atoms with Gasteiger partial charge in [-0.25, -0.2) is 12.8 Å². The molecule has 0 bridgehead atoms. The van der Waals surface area contributed by atoms with E-state index in [1.165, 1.54) is 23.4 Å². The lowest BCUT2D eigenvalue weighted by Crippen LogP contribution is -2.32. The maximum absolute atomic E-state index is 13.8. The van der Waals surface area contributed by atoms with Crippen LogP contribution in [0.3, 0.4) is 0 Å². The van der Waals surface area contributed by atoms with Gasteiger partial charge in [0.2, 0.25) is 10.0 Å². The van der Waals surface area contributed by atoms with Crippen molar-refractivity contribution in [3.05, 3.63) is 41.2 Å². The van der Waals surface area contributed by atoms with Gasteiger partial charge in [0.15, 0.2) is 0 Å². The maximum Gasteiger partial charge on any atom is 0.243 e. The Kier molecular flexibility index (Phi) is 5.44. The molecule has 1 aromatic rings. The third-order valence-corrected chi connectivity index (χ3v) is 4.86. The zero-order valence-corrected chi connectivity index (χ0v) is 12.9. The number of benzene rings is 1. The van der Waals surface area contributed by atoms with Gasteiger partial charge in [-0.2, -0.15) is 4.31 Å². The summed E-state index contributed by atoms with van der Waals surface area (Å²) < 4.78 is 40.2. The highest BCUT2D eigenvalue weighted by molar-refractivity contribution is 7.89. The summed E-state index contributed by atoms with van der Waals surface area (Å²) in [5.74, 6) is -0.450. The zero-order valence-electron chi connectivity index (χ0n) is 12.1. The van der Waals surface area contributed by atoms with Crippen molar-refractivity contribution in [3.8, 4) is 0 Å². The molecule has 0 aliphatic carbocycles. The van der Waals surface area contributed by atoms with E-state index in [0.29, 0.717) is 6.54 Å². The lowest BCUT2D eigenvalue weighted by molar-refractivity contribution is 0.452. The van der Waals surface area contributed by atoms with E-state index in [0.717, 1.165) is 5.57 Å². The minimum absolute atomic E-state index is 0.0390. The van der Waals surface area contributed by atoms with Gasteiger partial charge in [0.1, 0.15) is 5.82 Å². The largest absolute Gasteiger partial charge is 0.326 e. The summed E-state index contributed by atoms with van der Waals surface area (Å²) in [6.45, 7) is 9.30. The molecule has 2 N–H and O–H groups in total. The van der Waals surface area contributed by atoms with Crippen molar-refractivity contribution in [3.63, 3.8) is 0 Å². The highest BCUT2D eigenvalue weighted by Gasteiger charge is 2.24. The standard InChI is InChI=1S/C14H21FN2O2S/c1-5-17(9-10(2)3)20(18,19)13-6-11(4)14(15)12(7-13)8-16/h6-7H,2,5,8-9,16H2,1,3-4H3. The fourth-order valence-electron chi connectivity index (χ4n) is 1.92. The highest BCUT2D eigenvalue weighted by atomic mass is 32.2. The molecule has 1 rings (SSSR count). The Balaban J connectivity index is 3.34. The molecule has 0 saturated heterocycles. The molecule has 0 atom stereocenters. The first-order valence-corrected chi connectivity index (χ1v) is 7.81. The van der Waals surface area contributed by atoms with Crippen LogP contribution in [0.15, 0.2) is 29.2 Å². The van der Waals surface area contributed by atoms with Crippen molar-refractivity contribution in [1.29, 1.82) is 0 Å². The second kappa shape index (κ2) is 6.47. The molecule has 1 aromatic carbocycles. The molecule has 0 unspecified atom stereocenters. The van der Waals surface area contributed by atoms with E-state index in [9.17, 15) is 12.8 Å². The van der Waals surface area contributed by atoms with Crippen LogP contribution in [0.4, 0.5) is 4.39 Å². The van der Waals surface area contributed by atoms with Crippen molar-refractivity contribution in [1.82, 2.24) is 4.31 Å². The van der Waals surface area contributed by atoms with Gasteiger partial charge in [-0.1, -0.05) is 19.1 Å². The van der Waals surface area contributed by atoms with Gasteiger partial charge in [-0.15, -0.1) is 0 Å². The number of nitrogens with two attached hydrogens (primary N) is 1. The lowest BCUT2D eigenvalue weighted by Gasteiger charge is -2.21. The number of likely N-dealkylation sites (N-methyl/N-ethyl adjacent to an activating group) is 1. The molecule has 4 nitrogen and oxygen atoms in total. The summed E-state index contributed by atoms with van der Waals surface area (Å²) in [5.41, 5.74) is 6.68. The van der Waals surface area contributed by atoms with E-state index in [1.807, 2.05) is 0 Å². The van der Waals surface area contributed by atoms with Crippen molar-refractivity contribution >= 4 is 10.0 Å². The molecule has 0 aliphatic heterocycles. The molecule has 0 heterocycles. The number of hydrogen-bond donors (Lipinski definition) is 1. The Hall–Kier alpha value is -1.24. The van der Waals surface area contributed by atoms with Gasteiger partial charge in [-0.3, -0.25) is 0 Å². The average Bonchev–Trinajstić information content (AvgIpc) is 2.38. The van der Waals surface area contributed by atoms with Crippen LogP contribution >= 0.6 is 0 Å². The van der Waals surface area contributed by atoms with Gasteiger partial charge < -0.3 is 5.73 Å². The van der Waals surface area contributed by atoms with Crippen LogP contribution < -0.4 is 5.73 Å². The molecule has 0 saturated carbocycles. The number of nitrogens with zero attached hydrogens (tertiary/aromatic N) is 1. The van der Waals surface area contributed by atoms with Gasteiger partial charge in [0.05, 0.1) is 4.90 Å². The zero-order chi connectivity index (χ0) is 15.5. The van der Waals surface area contributed by atoms with Crippen molar-refractivity contribution < 1.29 is 12.8 Å². The topological polar surface area (TPSA) is 63.4 Å². The normalized spacial score (nSPS) is 11.9. The first kappa shape index (κ1) is 16.8. The fraction of sp³-hybridized carbons (Fsp3) is 0.429. The van der Waals surface area contributed by atoms with Crippen molar-refractivity contribution in [2.24, 2.45) is 5.73 Å². The number of hydrogen-bond acceptors (Lipinski definition) is 3. The first-order valence-electron chi connectivity index (χ1n) is 6.37. The fourth-order valence-corrected chi connectivity index (χ4v) is 3.57. The van der Waals surface area contributed by atoms with Crippen molar-refractivity contribution in [2.75, 3.05) is 13.1 Å². The summed E-state index contributed by atoms with van der Waals surface area (Å²) >= 11 is 0. The van der Waals surface area contributed by atoms with Gasteiger partial charge in [-0.05, 0) is 31.5 Å². The van der Waals surface area contributed by atoms with Crippen LogP contribution in [0.2, 0.25) is 0 Å². The van der Waals surface area contributed by atoms with Crippen LogP contribution in [0.1, 0.15) is 25.0 Å². The minimum Gasteiger partial charge on any atom is -0.326 e. The number of aryl methyl sites for hydroxylation is 1. The van der Waals surface area contributed by atoms with Crippen LogP contribution in [-0.4, -0.2) is 25.8 Å². The van der Waals surface area contributed by atoms with E-state index in [4.69, 9.17) is 5.73 Å². The SMILES string of the molecule is C=C(C)CN(CC)S(=O)(=O)c1cc(C)c(F)c(CN)c1. The summed E-state index contributed by atoms with van der Waals surface area (Å²) in [4.78, 5) is 0.0694. The Bertz CT molecular complexity index is 612. The first-order chi connectivity index (χ1) is 9.23. The van der Waals surface area contributed by atoms with Crippen LogP contribution in [0.25, 0.3) is 0 Å². The smallest absolute Gasteiger partial charge is 0.243 e. The second-order valence-corrected chi connectivity index (χ2v) is 6.74. The van der Waals surface area contributed by atoms with E-state index < -0.39 is 15.8 Å². The molecule has 0 aromatic heterocycles. The third-order valence-electron chi connectivity index (χ3n) is 2.96. The Morgan fingerprint density at radius 2 is 2.05 bits per heavy atom. The summed E-state index contributed by atoms with van der Waals surface area (Å²) in [6.07, 6.45) is 0. The number of rotatable bonds is 6. The van der Waals surface area contributed by atoms with E-state index in [1.54, 1.807) is 13.8 Å². The molecule has 20 heavy (non-hydrogen) atoms. The molecule has 0 spiro atoms. The van der Waals surface area contributed by atoms with E-state index >= 15 is 0 Å². The summed E-state index contributed by atoms with van der Waals surface area (Å²) in [6, 6.07) is 2.64. The average molecular weight is 300 g/mol. The van der Waals surface area contributed by atoms with Gasteiger partial charge >= 0.3 is 0 Å². The minimum atomic E-state index is -3.67. The lowest BCUT2D eigenvalue weighted by atomic mass is 10.1. The molecular weight excluding hydrogens is 279 g/mol.